The molecular weight excluding hydrogens is 268 g/mol. The van der Waals surface area contributed by atoms with Gasteiger partial charge in [0.1, 0.15) is 0 Å². The molecule has 1 aromatic carbocycles. The molecule has 1 fully saturated rings. The number of anilines is 1. The third kappa shape index (κ3) is 3.12. The molecule has 1 aliphatic carbocycles. The molecule has 1 saturated carbocycles. The molecule has 0 heterocycles. The van der Waals surface area contributed by atoms with Crippen molar-refractivity contribution in [3.05, 3.63) is 29.8 Å². The number of carboxylic acid groups (broad SMARTS) is 1. The second kappa shape index (κ2) is 5.98. The maximum Gasteiger partial charge on any atom is 0.306 e. The lowest BCUT2D eigenvalue weighted by molar-refractivity contribution is -0.143. The number of amides is 1. The normalized spacial score (nSPS) is 22.3. The van der Waals surface area contributed by atoms with Crippen LogP contribution in [0.25, 0.3) is 0 Å². The van der Waals surface area contributed by atoms with E-state index in [1.54, 1.807) is 0 Å². The quantitative estimate of drug-likeness (QED) is 0.896. The van der Waals surface area contributed by atoms with Crippen molar-refractivity contribution in [1.29, 1.82) is 0 Å². The zero-order chi connectivity index (χ0) is 14.7. The van der Waals surface area contributed by atoms with E-state index in [9.17, 15) is 18.4 Å². The Hall–Kier alpha value is -1.98. The number of benzene rings is 1. The van der Waals surface area contributed by atoms with Crippen molar-refractivity contribution in [2.45, 2.75) is 25.7 Å². The van der Waals surface area contributed by atoms with Crippen LogP contribution in [0.15, 0.2) is 18.2 Å². The van der Waals surface area contributed by atoms with Gasteiger partial charge in [0.15, 0.2) is 11.6 Å². The average molecular weight is 283 g/mol. The minimum Gasteiger partial charge on any atom is -0.481 e. The highest BCUT2D eigenvalue weighted by Crippen LogP contribution is 2.30. The van der Waals surface area contributed by atoms with Crippen LogP contribution in [0, 0.1) is 23.5 Å². The summed E-state index contributed by atoms with van der Waals surface area (Å²) in [5.41, 5.74) is -0.215. The molecule has 108 valence electrons. The van der Waals surface area contributed by atoms with Gasteiger partial charge in [-0.25, -0.2) is 8.78 Å². The molecular formula is C14H15F2NO3. The summed E-state index contributed by atoms with van der Waals surface area (Å²) in [4.78, 5) is 22.9. The van der Waals surface area contributed by atoms with Crippen molar-refractivity contribution in [3.63, 3.8) is 0 Å². The average Bonchev–Trinajstić information content (AvgIpc) is 2.44. The van der Waals surface area contributed by atoms with Crippen molar-refractivity contribution in [3.8, 4) is 0 Å². The zero-order valence-corrected chi connectivity index (χ0v) is 10.7. The number of carbonyl (C=O) groups excluding carboxylic acids is 1. The van der Waals surface area contributed by atoms with Crippen molar-refractivity contribution >= 4 is 17.6 Å². The van der Waals surface area contributed by atoms with Gasteiger partial charge < -0.3 is 10.4 Å². The first-order valence-electron chi connectivity index (χ1n) is 6.46. The fourth-order valence-electron chi connectivity index (χ4n) is 2.49. The summed E-state index contributed by atoms with van der Waals surface area (Å²) in [6.45, 7) is 0. The van der Waals surface area contributed by atoms with E-state index >= 15 is 0 Å². The van der Waals surface area contributed by atoms with E-state index in [0.717, 1.165) is 6.07 Å². The van der Waals surface area contributed by atoms with Crippen molar-refractivity contribution in [2.24, 2.45) is 11.8 Å². The van der Waals surface area contributed by atoms with Gasteiger partial charge in [-0.1, -0.05) is 12.5 Å². The van der Waals surface area contributed by atoms with Gasteiger partial charge in [0.05, 0.1) is 11.6 Å². The molecule has 20 heavy (non-hydrogen) atoms. The van der Waals surface area contributed by atoms with Crippen LogP contribution in [0.2, 0.25) is 0 Å². The second-order valence-electron chi connectivity index (χ2n) is 4.99. The van der Waals surface area contributed by atoms with E-state index in [2.05, 4.69) is 5.32 Å². The molecule has 6 heteroatoms. The first-order valence-corrected chi connectivity index (χ1v) is 6.46. The summed E-state index contributed by atoms with van der Waals surface area (Å²) >= 11 is 0. The van der Waals surface area contributed by atoms with Crippen LogP contribution in [0.4, 0.5) is 14.5 Å². The van der Waals surface area contributed by atoms with Crippen LogP contribution in [0.5, 0.6) is 0 Å². The molecule has 4 nitrogen and oxygen atoms in total. The van der Waals surface area contributed by atoms with Gasteiger partial charge in [0, 0.05) is 5.92 Å². The smallest absolute Gasteiger partial charge is 0.306 e. The summed E-state index contributed by atoms with van der Waals surface area (Å²) in [7, 11) is 0. The van der Waals surface area contributed by atoms with Gasteiger partial charge >= 0.3 is 5.97 Å². The topological polar surface area (TPSA) is 66.4 Å². The van der Waals surface area contributed by atoms with Crippen LogP contribution in [0.3, 0.4) is 0 Å². The Kier molecular flexibility index (Phi) is 4.32. The van der Waals surface area contributed by atoms with Crippen LogP contribution in [0.1, 0.15) is 25.7 Å². The number of aliphatic carboxylic acids is 1. The van der Waals surface area contributed by atoms with Gasteiger partial charge in [0.2, 0.25) is 5.91 Å². The minimum absolute atomic E-state index is 0.215. The van der Waals surface area contributed by atoms with Gasteiger partial charge in [-0.2, -0.15) is 0 Å². The molecule has 0 saturated heterocycles. The standard InChI is InChI=1S/C14H15F2NO3/c15-10-5-2-6-11(12(10)16)17-13(18)8-3-1-4-9(7-8)14(19)20/h2,5-6,8-9H,1,3-4,7H2,(H,17,18)(H,19,20). The Morgan fingerprint density at radius 2 is 1.90 bits per heavy atom. The third-order valence-corrected chi connectivity index (χ3v) is 3.60. The molecule has 0 radical (unpaired) electrons. The third-order valence-electron chi connectivity index (χ3n) is 3.60. The lowest BCUT2D eigenvalue weighted by atomic mass is 9.81. The molecule has 2 unspecified atom stereocenters. The van der Waals surface area contributed by atoms with Gasteiger partial charge in [-0.05, 0) is 31.4 Å². The lowest BCUT2D eigenvalue weighted by Crippen LogP contribution is -2.31. The molecule has 0 aromatic heterocycles. The minimum atomic E-state index is -1.11. The van der Waals surface area contributed by atoms with Crippen LogP contribution in [-0.4, -0.2) is 17.0 Å². The maximum absolute atomic E-state index is 13.5. The highest BCUT2D eigenvalue weighted by atomic mass is 19.2. The Bertz CT molecular complexity index is 533. The number of hydrogen-bond acceptors (Lipinski definition) is 2. The fraction of sp³-hybridized carbons (Fsp3) is 0.429. The zero-order valence-electron chi connectivity index (χ0n) is 10.7. The highest BCUT2D eigenvalue weighted by molar-refractivity contribution is 5.93. The Labute approximate surface area is 114 Å². The SMILES string of the molecule is O=C(O)C1CCCC(C(=O)Nc2cccc(F)c2F)C1. The summed E-state index contributed by atoms with van der Waals surface area (Å²) < 4.78 is 26.5. The highest BCUT2D eigenvalue weighted by Gasteiger charge is 2.31. The lowest BCUT2D eigenvalue weighted by Gasteiger charge is -2.25. The van der Waals surface area contributed by atoms with Crippen molar-refractivity contribution in [1.82, 2.24) is 0 Å². The van der Waals surface area contributed by atoms with E-state index in [0.29, 0.717) is 19.3 Å². The van der Waals surface area contributed by atoms with Crippen LogP contribution in [-0.2, 0) is 9.59 Å². The molecule has 2 atom stereocenters. The number of carboxylic acids is 1. The first-order chi connectivity index (χ1) is 9.49. The fourth-order valence-corrected chi connectivity index (χ4v) is 2.49. The summed E-state index contributed by atoms with van der Waals surface area (Å²) in [6, 6.07) is 3.54. The number of hydrogen-bond donors (Lipinski definition) is 2. The number of carbonyl (C=O) groups is 2. The molecule has 0 aliphatic heterocycles. The van der Waals surface area contributed by atoms with E-state index in [-0.39, 0.29) is 12.1 Å². The van der Waals surface area contributed by atoms with Gasteiger partial charge in [0.25, 0.3) is 0 Å². The molecule has 1 aliphatic rings. The molecule has 2 rings (SSSR count). The number of nitrogens with one attached hydrogen (secondary N) is 1. The predicted molar refractivity (Wildman–Crippen MR) is 68.1 cm³/mol. The van der Waals surface area contributed by atoms with E-state index < -0.39 is 35.3 Å². The summed E-state index contributed by atoms with van der Waals surface area (Å²) in [5, 5.41) is 11.3. The Morgan fingerprint density at radius 3 is 2.60 bits per heavy atom. The Morgan fingerprint density at radius 1 is 1.20 bits per heavy atom. The van der Waals surface area contributed by atoms with E-state index in [4.69, 9.17) is 5.11 Å². The van der Waals surface area contributed by atoms with Crippen molar-refractivity contribution in [2.75, 3.05) is 5.32 Å². The number of rotatable bonds is 3. The van der Waals surface area contributed by atoms with Crippen molar-refractivity contribution < 1.29 is 23.5 Å². The Balaban J connectivity index is 2.04. The van der Waals surface area contributed by atoms with E-state index in [1.165, 1.54) is 12.1 Å². The summed E-state index contributed by atoms with van der Waals surface area (Å²) in [6.07, 6.45) is 1.98. The van der Waals surface area contributed by atoms with Gasteiger partial charge in [-0.15, -0.1) is 0 Å². The van der Waals surface area contributed by atoms with E-state index in [1.807, 2.05) is 0 Å². The monoisotopic (exact) mass is 283 g/mol. The maximum atomic E-state index is 13.5. The van der Waals surface area contributed by atoms with Gasteiger partial charge in [-0.3, -0.25) is 9.59 Å². The van der Waals surface area contributed by atoms with Crippen LogP contribution >= 0.6 is 0 Å². The molecule has 0 spiro atoms. The molecule has 0 bridgehead atoms. The first kappa shape index (κ1) is 14.4. The second-order valence-corrected chi connectivity index (χ2v) is 4.99. The predicted octanol–water partition coefficient (Wildman–Crippen LogP) is 2.79. The molecule has 1 aromatic rings. The molecule has 1 amide bonds. The van der Waals surface area contributed by atoms with Crippen LogP contribution < -0.4 is 5.32 Å². The number of halogens is 2. The molecule has 2 N–H and O–H groups in total. The summed E-state index contributed by atoms with van der Waals surface area (Å²) in [5.74, 6) is -4.54. The largest absolute Gasteiger partial charge is 0.481 e.